The molecular weight excluding hydrogens is 214 g/mol. The molecule has 17 heavy (non-hydrogen) atoms. The third-order valence-corrected chi connectivity index (χ3v) is 2.70. The number of nitrogens with one attached hydrogen (secondary N) is 1. The van der Waals surface area contributed by atoms with Crippen molar-refractivity contribution < 1.29 is 0 Å². The Kier molecular flexibility index (Phi) is 6.11. The fourth-order valence-corrected chi connectivity index (χ4v) is 1.92. The van der Waals surface area contributed by atoms with Gasteiger partial charge < -0.3 is 5.32 Å². The summed E-state index contributed by atoms with van der Waals surface area (Å²) in [5.41, 5.74) is 0. The summed E-state index contributed by atoms with van der Waals surface area (Å²) in [5.74, 6) is 2.17. The van der Waals surface area contributed by atoms with Gasteiger partial charge in [-0.25, -0.2) is 0 Å². The van der Waals surface area contributed by atoms with Crippen molar-refractivity contribution in [2.45, 2.75) is 40.0 Å². The molecule has 1 aromatic rings. The van der Waals surface area contributed by atoms with Crippen molar-refractivity contribution in [3.05, 3.63) is 5.82 Å². The summed E-state index contributed by atoms with van der Waals surface area (Å²) >= 11 is 0. The Morgan fingerprint density at radius 3 is 2.59 bits per heavy atom. The van der Waals surface area contributed by atoms with Crippen LogP contribution in [0.5, 0.6) is 0 Å². The van der Waals surface area contributed by atoms with Gasteiger partial charge >= 0.3 is 0 Å². The highest BCUT2D eigenvalue weighted by Crippen LogP contribution is 2.10. The number of aryl methyl sites for hydroxylation is 1. The third-order valence-electron chi connectivity index (χ3n) is 2.70. The van der Waals surface area contributed by atoms with Crippen molar-refractivity contribution >= 4 is 0 Å². The van der Waals surface area contributed by atoms with Crippen LogP contribution in [0.25, 0.3) is 0 Å². The van der Waals surface area contributed by atoms with Crippen molar-refractivity contribution in [3.8, 4) is 0 Å². The summed E-state index contributed by atoms with van der Waals surface area (Å²) in [4.78, 5) is 1.53. The lowest BCUT2D eigenvalue weighted by atomic mass is 9.99. The highest BCUT2D eigenvalue weighted by molar-refractivity contribution is 4.81. The molecule has 0 aliphatic rings. The third kappa shape index (κ3) is 5.77. The fraction of sp³-hybridized carbons (Fsp3) is 0.917. The van der Waals surface area contributed by atoms with E-state index in [1.54, 1.807) is 0 Å². The molecule has 0 saturated heterocycles. The molecule has 0 aliphatic heterocycles. The average molecular weight is 239 g/mol. The van der Waals surface area contributed by atoms with Crippen molar-refractivity contribution in [2.24, 2.45) is 18.9 Å². The number of rotatable bonds is 8. The number of hydrogen-bond donors (Lipinski definition) is 1. The molecule has 5 nitrogen and oxygen atoms in total. The van der Waals surface area contributed by atoms with E-state index in [1.807, 2.05) is 7.05 Å². The molecule has 1 N–H and O–H groups in total. The van der Waals surface area contributed by atoms with Gasteiger partial charge in [0.2, 0.25) is 0 Å². The molecule has 1 atom stereocenters. The van der Waals surface area contributed by atoms with Crippen molar-refractivity contribution in [3.63, 3.8) is 0 Å². The van der Waals surface area contributed by atoms with Crippen molar-refractivity contribution in [1.29, 1.82) is 0 Å². The minimum absolute atomic E-state index is 0.614. The standard InChI is InChI=1S/C12H25N5/c1-5-6-11(9-13-8-10(2)3)7-12-14-16-17(4)15-12/h10-11,13H,5-9H2,1-4H3. The van der Waals surface area contributed by atoms with E-state index in [0.717, 1.165) is 25.3 Å². The van der Waals surface area contributed by atoms with Crippen molar-refractivity contribution in [1.82, 2.24) is 25.5 Å². The zero-order chi connectivity index (χ0) is 12.7. The molecule has 0 radical (unpaired) electrons. The monoisotopic (exact) mass is 239 g/mol. The molecular formula is C12H25N5. The maximum Gasteiger partial charge on any atom is 0.175 e. The summed E-state index contributed by atoms with van der Waals surface area (Å²) in [7, 11) is 1.81. The molecule has 0 fully saturated rings. The van der Waals surface area contributed by atoms with Gasteiger partial charge in [0.25, 0.3) is 0 Å². The van der Waals surface area contributed by atoms with E-state index in [1.165, 1.54) is 17.6 Å². The Balaban J connectivity index is 2.37. The Hall–Kier alpha value is -0.970. The normalized spacial score (nSPS) is 13.2. The van der Waals surface area contributed by atoms with Crippen molar-refractivity contribution in [2.75, 3.05) is 13.1 Å². The van der Waals surface area contributed by atoms with Gasteiger partial charge in [0, 0.05) is 6.42 Å². The van der Waals surface area contributed by atoms with E-state index in [9.17, 15) is 0 Å². The van der Waals surface area contributed by atoms with E-state index in [4.69, 9.17) is 0 Å². The van der Waals surface area contributed by atoms with Crippen LogP contribution in [-0.4, -0.2) is 33.3 Å². The maximum atomic E-state index is 4.24. The first-order chi connectivity index (χ1) is 8.11. The molecule has 0 spiro atoms. The molecule has 0 bridgehead atoms. The molecule has 0 saturated carbocycles. The topological polar surface area (TPSA) is 55.6 Å². The van der Waals surface area contributed by atoms with E-state index < -0.39 is 0 Å². The fourth-order valence-electron chi connectivity index (χ4n) is 1.92. The number of hydrogen-bond acceptors (Lipinski definition) is 4. The molecule has 0 amide bonds. The number of nitrogens with zero attached hydrogens (tertiary/aromatic N) is 4. The predicted octanol–water partition coefficient (Wildman–Crippen LogP) is 1.41. The van der Waals surface area contributed by atoms with Gasteiger partial charge in [-0.1, -0.05) is 27.2 Å². The van der Waals surface area contributed by atoms with Crippen LogP contribution in [-0.2, 0) is 13.5 Å². The Bertz CT molecular complexity index is 308. The van der Waals surface area contributed by atoms with Gasteiger partial charge in [-0.2, -0.15) is 4.80 Å². The summed E-state index contributed by atoms with van der Waals surface area (Å²) in [6, 6.07) is 0. The molecule has 1 unspecified atom stereocenters. The van der Waals surface area contributed by atoms with E-state index >= 15 is 0 Å². The number of aromatic nitrogens is 4. The second kappa shape index (κ2) is 7.37. The summed E-state index contributed by atoms with van der Waals surface area (Å²) in [5, 5.41) is 15.7. The summed E-state index contributed by atoms with van der Waals surface area (Å²) in [6.45, 7) is 8.80. The van der Waals surface area contributed by atoms with E-state index in [-0.39, 0.29) is 0 Å². The highest BCUT2D eigenvalue weighted by atomic mass is 15.6. The van der Waals surface area contributed by atoms with Crippen LogP contribution in [0.2, 0.25) is 0 Å². The smallest absolute Gasteiger partial charge is 0.175 e. The number of tetrazole rings is 1. The minimum Gasteiger partial charge on any atom is -0.316 e. The quantitative estimate of drug-likeness (QED) is 0.745. The Labute approximate surface area is 104 Å². The predicted molar refractivity (Wildman–Crippen MR) is 68.6 cm³/mol. The highest BCUT2D eigenvalue weighted by Gasteiger charge is 2.12. The largest absolute Gasteiger partial charge is 0.316 e. The first-order valence-corrected chi connectivity index (χ1v) is 6.55. The average Bonchev–Trinajstić information content (AvgIpc) is 2.63. The van der Waals surface area contributed by atoms with E-state index in [2.05, 4.69) is 41.5 Å². The SMILES string of the molecule is CCCC(CNCC(C)C)Cc1nnn(C)n1. The van der Waals surface area contributed by atoms with Gasteiger partial charge in [-0.15, -0.1) is 10.2 Å². The molecule has 1 heterocycles. The maximum absolute atomic E-state index is 4.24. The van der Waals surface area contributed by atoms with Gasteiger partial charge in [0.05, 0.1) is 7.05 Å². The minimum atomic E-state index is 0.614. The van der Waals surface area contributed by atoms with Crippen LogP contribution in [0.15, 0.2) is 0 Å². The molecule has 0 aliphatic carbocycles. The van der Waals surface area contributed by atoms with Gasteiger partial charge in [0.15, 0.2) is 5.82 Å². The molecule has 98 valence electrons. The van der Waals surface area contributed by atoms with Gasteiger partial charge in [0.1, 0.15) is 0 Å². The van der Waals surface area contributed by atoms with Crippen LogP contribution in [0.4, 0.5) is 0 Å². The molecule has 5 heteroatoms. The van der Waals surface area contributed by atoms with E-state index in [0.29, 0.717) is 11.8 Å². The second-order valence-electron chi connectivity index (χ2n) is 5.11. The van der Waals surface area contributed by atoms with Crippen LogP contribution in [0.1, 0.15) is 39.4 Å². The molecule has 1 aromatic heterocycles. The van der Waals surface area contributed by atoms with Gasteiger partial charge in [-0.3, -0.25) is 0 Å². The summed E-state index contributed by atoms with van der Waals surface area (Å²) < 4.78 is 0. The zero-order valence-corrected chi connectivity index (χ0v) is 11.5. The van der Waals surface area contributed by atoms with Gasteiger partial charge in [-0.05, 0) is 36.6 Å². The van der Waals surface area contributed by atoms with Crippen LogP contribution < -0.4 is 5.32 Å². The van der Waals surface area contributed by atoms with Crippen LogP contribution in [0.3, 0.4) is 0 Å². The second-order valence-corrected chi connectivity index (χ2v) is 5.11. The summed E-state index contributed by atoms with van der Waals surface area (Å²) in [6.07, 6.45) is 3.34. The lowest BCUT2D eigenvalue weighted by molar-refractivity contribution is 0.414. The Morgan fingerprint density at radius 1 is 1.29 bits per heavy atom. The Morgan fingerprint density at radius 2 is 2.06 bits per heavy atom. The van der Waals surface area contributed by atoms with Crippen LogP contribution in [0, 0.1) is 11.8 Å². The molecule has 1 rings (SSSR count). The lowest BCUT2D eigenvalue weighted by Crippen LogP contribution is -2.27. The lowest BCUT2D eigenvalue weighted by Gasteiger charge is -2.16. The zero-order valence-electron chi connectivity index (χ0n) is 11.5. The van der Waals surface area contributed by atoms with Crippen LogP contribution >= 0.6 is 0 Å². The molecule has 0 aromatic carbocycles. The first-order valence-electron chi connectivity index (χ1n) is 6.55. The first kappa shape index (κ1) is 14.1.